The number of fused-ring (bicyclic) bond motifs is 3. The predicted octanol–water partition coefficient (Wildman–Crippen LogP) is 8.64. The quantitative estimate of drug-likeness (QED) is 0.192. The number of benzene rings is 3. The van der Waals surface area contributed by atoms with Crippen LogP contribution in [0.5, 0.6) is 5.75 Å². The number of phenols is 1. The minimum absolute atomic E-state index is 0. The molecule has 0 bridgehead atoms. The first-order valence-corrected chi connectivity index (χ1v) is 13.0. The first-order chi connectivity index (χ1) is 18.2. The second kappa shape index (κ2) is 10.1. The van der Waals surface area contributed by atoms with Crippen molar-refractivity contribution in [3.05, 3.63) is 96.7 Å². The van der Waals surface area contributed by atoms with Gasteiger partial charge in [0.15, 0.2) is 0 Å². The molecule has 0 spiro atoms. The number of aromatic hydroxyl groups is 1. The molecule has 6 rings (SSSR count). The topological polar surface area (TPSA) is 52.5 Å². The fourth-order valence-electron chi connectivity index (χ4n) is 5.22. The maximum Gasteiger partial charge on any atom is 0.140 e. The normalized spacial score (nSPS) is 12.8. The summed E-state index contributed by atoms with van der Waals surface area (Å²) in [6.07, 6.45) is 1.89. The third-order valence-electron chi connectivity index (χ3n) is 7.04. The molecule has 0 radical (unpaired) electrons. The Kier molecular flexibility index (Phi) is 6.98. The Morgan fingerprint density at radius 1 is 0.846 bits per heavy atom. The Labute approximate surface area is 244 Å². The van der Waals surface area contributed by atoms with Crippen LogP contribution >= 0.6 is 0 Å². The van der Waals surface area contributed by atoms with Crippen LogP contribution in [0.3, 0.4) is 0 Å². The summed E-state index contributed by atoms with van der Waals surface area (Å²) in [5.74, 6) is 1.41. The van der Waals surface area contributed by atoms with E-state index in [9.17, 15) is 5.11 Å². The van der Waals surface area contributed by atoms with Crippen LogP contribution in [0.1, 0.15) is 46.1 Å². The minimum Gasteiger partial charge on any atom is -0.506 e. The first kappa shape index (κ1) is 26.9. The summed E-state index contributed by atoms with van der Waals surface area (Å²) in [4.78, 5) is 14.2. The maximum atomic E-state index is 10.4. The molecule has 0 unspecified atom stereocenters. The van der Waals surface area contributed by atoms with E-state index < -0.39 is 0 Å². The number of aromatic nitrogens is 2. The van der Waals surface area contributed by atoms with Gasteiger partial charge < -0.3 is 14.9 Å². The summed E-state index contributed by atoms with van der Waals surface area (Å²) in [6, 6.07) is 30.1. The monoisotopic (exact) mass is 694 g/mol. The van der Waals surface area contributed by atoms with Gasteiger partial charge in [-0.2, -0.15) is 0 Å². The first-order valence-electron chi connectivity index (χ1n) is 13.0. The molecule has 5 nitrogen and oxygen atoms in total. The van der Waals surface area contributed by atoms with Crippen LogP contribution in [-0.4, -0.2) is 20.6 Å². The summed E-state index contributed by atoms with van der Waals surface area (Å²) in [7, 11) is 0. The molecule has 2 aromatic heterocycles. The molecule has 200 valence electrons. The van der Waals surface area contributed by atoms with Gasteiger partial charge in [-0.1, -0.05) is 50.2 Å². The van der Waals surface area contributed by atoms with Crippen molar-refractivity contribution in [2.45, 2.75) is 46.1 Å². The van der Waals surface area contributed by atoms with Crippen molar-refractivity contribution in [1.82, 2.24) is 9.97 Å². The largest absolute Gasteiger partial charge is 0.506 e. The van der Waals surface area contributed by atoms with E-state index in [1.807, 2.05) is 30.5 Å². The molecular formula is C33H31N4OPt-. The predicted molar refractivity (Wildman–Crippen MR) is 156 cm³/mol. The molecule has 0 atom stereocenters. The fraction of sp³-hybridized carbons (Fsp3) is 0.212. The van der Waals surface area contributed by atoms with Crippen LogP contribution in [-0.2, 0) is 21.1 Å². The standard InChI is InChI=1S/C33H31N4O.Pt/c1-21(2)23-17-18-34-31(20-23)36-26-10-6-7-11-27(26)37(33(3,4)5)28-16-14-24(19-29(28)36)25-15-13-22-9-8-12-30(38)32(22)35-25;/h6-18,20-21,38H,1-5H3;/q-1;. The number of rotatable bonds is 3. The summed E-state index contributed by atoms with van der Waals surface area (Å²) in [6.45, 7) is 11.1. The Hall–Kier alpha value is -3.69. The molecule has 0 saturated heterocycles. The molecule has 5 aromatic rings. The van der Waals surface area contributed by atoms with E-state index in [4.69, 9.17) is 9.97 Å². The Morgan fingerprint density at radius 3 is 2.36 bits per heavy atom. The van der Waals surface area contributed by atoms with Crippen molar-refractivity contribution in [1.29, 1.82) is 0 Å². The van der Waals surface area contributed by atoms with Gasteiger partial charge in [0.05, 0.1) is 11.4 Å². The average Bonchev–Trinajstić information content (AvgIpc) is 2.90. The van der Waals surface area contributed by atoms with Crippen LogP contribution in [0.15, 0.2) is 85.1 Å². The van der Waals surface area contributed by atoms with Crippen molar-refractivity contribution in [2.24, 2.45) is 0 Å². The summed E-state index contributed by atoms with van der Waals surface area (Å²) >= 11 is 0. The van der Waals surface area contributed by atoms with E-state index in [-0.39, 0.29) is 32.4 Å². The summed E-state index contributed by atoms with van der Waals surface area (Å²) in [5.41, 5.74) is 7.41. The number of nitrogens with zero attached hydrogens (tertiary/aromatic N) is 4. The third-order valence-corrected chi connectivity index (χ3v) is 7.04. The molecule has 39 heavy (non-hydrogen) atoms. The van der Waals surface area contributed by atoms with Crippen molar-refractivity contribution in [3.8, 4) is 17.0 Å². The van der Waals surface area contributed by atoms with E-state index in [1.54, 1.807) is 6.07 Å². The molecular weight excluding hydrogens is 663 g/mol. The Balaban J connectivity index is 0.00000308. The zero-order valence-corrected chi connectivity index (χ0v) is 25.0. The molecule has 6 heteroatoms. The van der Waals surface area contributed by atoms with Crippen molar-refractivity contribution < 1.29 is 26.2 Å². The van der Waals surface area contributed by atoms with Gasteiger partial charge in [0.25, 0.3) is 0 Å². The summed E-state index contributed by atoms with van der Waals surface area (Å²) in [5, 5.41) is 11.3. The third kappa shape index (κ3) is 4.70. The number of para-hydroxylation sites is 3. The zero-order chi connectivity index (χ0) is 26.6. The number of hydrogen-bond acceptors (Lipinski definition) is 5. The van der Waals surface area contributed by atoms with E-state index >= 15 is 0 Å². The fourth-order valence-corrected chi connectivity index (χ4v) is 5.22. The van der Waals surface area contributed by atoms with Gasteiger partial charge in [-0.15, -0.1) is 23.8 Å². The van der Waals surface area contributed by atoms with E-state index in [0.717, 1.165) is 45.2 Å². The van der Waals surface area contributed by atoms with Crippen molar-refractivity contribution in [3.63, 3.8) is 0 Å². The molecule has 0 aliphatic carbocycles. The van der Waals surface area contributed by atoms with E-state index in [0.29, 0.717) is 11.4 Å². The van der Waals surface area contributed by atoms with Crippen LogP contribution in [0, 0.1) is 6.07 Å². The van der Waals surface area contributed by atoms with Crippen molar-refractivity contribution >= 4 is 39.5 Å². The number of pyridine rings is 2. The maximum absolute atomic E-state index is 10.4. The smallest absolute Gasteiger partial charge is 0.140 e. The molecule has 1 aliphatic heterocycles. The van der Waals surface area contributed by atoms with E-state index in [1.165, 1.54) is 5.56 Å². The molecule has 0 saturated carbocycles. The van der Waals surface area contributed by atoms with Gasteiger partial charge in [0.1, 0.15) is 17.1 Å². The van der Waals surface area contributed by atoms with Gasteiger partial charge in [-0.25, -0.2) is 4.98 Å². The second-order valence-corrected chi connectivity index (χ2v) is 11.1. The van der Waals surface area contributed by atoms with Crippen LogP contribution < -0.4 is 9.80 Å². The molecule has 0 fully saturated rings. The Bertz CT molecular complexity index is 1670. The molecule has 0 amide bonds. The van der Waals surface area contributed by atoms with Gasteiger partial charge in [0.2, 0.25) is 0 Å². The SMILES string of the molecule is CC(C)c1ccnc(N2c3[c-]c(-c4ccc5cccc(O)c5n4)ccc3N(C(C)(C)C)c3ccccc32)c1.[Pt]. The van der Waals surface area contributed by atoms with Crippen LogP contribution in [0.2, 0.25) is 0 Å². The molecule has 1 aliphatic rings. The molecule has 3 aromatic carbocycles. The molecule has 3 heterocycles. The summed E-state index contributed by atoms with van der Waals surface area (Å²) < 4.78 is 0. The van der Waals surface area contributed by atoms with Gasteiger partial charge in [-0.05, 0) is 79.7 Å². The van der Waals surface area contributed by atoms with Gasteiger partial charge >= 0.3 is 0 Å². The second-order valence-electron chi connectivity index (χ2n) is 11.1. The average molecular weight is 695 g/mol. The van der Waals surface area contributed by atoms with Gasteiger partial charge in [0, 0.05) is 38.2 Å². The molecule has 1 N–H and O–H groups in total. The number of hydrogen-bond donors (Lipinski definition) is 1. The Morgan fingerprint density at radius 2 is 1.62 bits per heavy atom. The van der Waals surface area contributed by atoms with Gasteiger partial charge in [-0.3, -0.25) is 4.98 Å². The van der Waals surface area contributed by atoms with Crippen LogP contribution in [0.4, 0.5) is 28.6 Å². The van der Waals surface area contributed by atoms with E-state index in [2.05, 4.69) is 99.0 Å². The number of phenolic OH excluding ortho intramolecular Hbond substituents is 1. The number of anilines is 5. The van der Waals surface area contributed by atoms with Crippen LogP contribution in [0.25, 0.3) is 22.2 Å². The minimum atomic E-state index is -0.174. The van der Waals surface area contributed by atoms with Crippen molar-refractivity contribution in [2.75, 3.05) is 9.80 Å². The zero-order valence-electron chi connectivity index (χ0n) is 22.7.